The summed E-state index contributed by atoms with van der Waals surface area (Å²) < 4.78 is 0. The normalized spacial score (nSPS) is 32.2. The molecular weight excluding hydrogens is 374 g/mol. The van der Waals surface area contributed by atoms with Crippen LogP contribution in [0.15, 0.2) is 0 Å². The fourth-order valence-electron chi connectivity index (χ4n) is 4.13. The molecule has 0 spiro atoms. The van der Waals surface area contributed by atoms with E-state index in [1.165, 1.54) is 50.0 Å². The molecule has 5 nitrogen and oxygen atoms in total. The van der Waals surface area contributed by atoms with Crippen LogP contribution in [0.4, 0.5) is 0 Å². The molecule has 2 aliphatic rings. The maximum absolute atomic E-state index is 3.93. The van der Waals surface area contributed by atoms with Crippen molar-refractivity contribution in [2.24, 2.45) is 0 Å². The molecule has 1 saturated heterocycles. The van der Waals surface area contributed by atoms with Gasteiger partial charge in [0.25, 0.3) is 0 Å². The van der Waals surface area contributed by atoms with Crippen LogP contribution in [-0.4, -0.2) is 87.5 Å². The van der Waals surface area contributed by atoms with E-state index < -0.39 is 0 Å². The predicted octanol–water partition coefficient (Wildman–Crippen LogP) is 1.50. The number of nitrogens with one attached hydrogen (secondary N) is 5. The van der Waals surface area contributed by atoms with E-state index in [4.69, 9.17) is 0 Å². The van der Waals surface area contributed by atoms with Crippen molar-refractivity contribution in [1.29, 1.82) is 0 Å². The Morgan fingerprint density at radius 2 is 1.15 bits per heavy atom. The SMILES string of the molecule is CSCC[C@@H]1CNC2CCCCC2NC[C@H](CCSC)NCCNCCN1. The number of hydrogen-bond donors (Lipinski definition) is 5. The van der Waals surface area contributed by atoms with Crippen LogP contribution >= 0.6 is 23.5 Å². The van der Waals surface area contributed by atoms with Gasteiger partial charge in [-0.25, -0.2) is 0 Å². The van der Waals surface area contributed by atoms with Gasteiger partial charge in [0, 0.05) is 63.4 Å². The topological polar surface area (TPSA) is 60.1 Å². The second-order valence-corrected chi connectivity index (χ2v) is 9.90. The zero-order chi connectivity index (χ0) is 19.2. The van der Waals surface area contributed by atoms with Crippen LogP contribution < -0.4 is 26.6 Å². The van der Waals surface area contributed by atoms with E-state index in [1.54, 1.807) is 0 Å². The van der Waals surface area contributed by atoms with Crippen LogP contribution in [-0.2, 0) is 0 Å². The molecule has 1 aliphatic carbocycles. The van der Waals surface area contributed by atoms with E-state index in [2.05, 4.69) is 39.1 Å². The first-order valence-corrected chi connectivity index (χ1v) is 13.7. The van der Waals surface area contributed by atoms with Crippen molar-refractivity contribution in [1.82, 2.24) is 26.6 Å². The molecule has 0 aromatic heterocycles. The molecule has 0 aromatic carbocycles. The molecule has 0 amide bonds. The Balaban J connectivity index is 1.92. The summed E-state index contributed by atoms with van der Waals surface area (Å²) in [6, 6.07) is 2.42. The van der Waals surface area contributed by atoms with Crippen LogP contribution in [0.1, 0.15) is 38.5 Å². The van der Waals surface area contributed by atoms with E-state index in [-0.39, 0.29) is 0 Å². The van der Waals surface area contributed by atoms with Crippen molar-refractivity contribution in [3.8, 4) is 0 Å². The van der Waals surface area contributed by atoms with Gasteiger partial charge in [0.15, 0.2) is 0 Å². The van der Waals surface area contributed by atoms with Crippen molar-refractivity contribution in [3.63, 3.8) is 0 Å². The second kappa shape index (κ2) is 15.4. The zero-order valence-electron chi connectivity index (χ0n) is 17.5. The van der Waals surface area contributed by atoms with Crippen LogP contribution in [0, 0.1) is 0 Å². The zero-order valence-corrected chi connectivity index (χ0v) is 19.2. The maximum Gasteiger partial charge on any atom is 0.0221 e. The van der Waals surface area contributed by atoms with E-state index in [0.29, 0.717) is 24.2 Å². The highest BCUT2D eigenvalue weighted by Crippen LogP contribution is 2.19. The monoisotopic (exact) mass is 417 g/mol. The minimum atomic E-state index is 0.583. The minimum absolute atomic E-state index is 0.583. The summed E-state index contributed by atoms with van der Waals surface area (Å²) >= 11 is 3.91. The molecule has 2 fully saturated rings. The summed E-state index contributed by atoms with van der Waals surface area (Å²) in [6.45, 7) is 6.41. The number of fused-ring (bicyclic) bond motifs is 1. The Kier molecular flexibility index (Phi) is 13.5. The fourth-order valence-corrected chi connectivity index (χ4v) is 5.17. The number of thioether (sulfide) groups is 2. The molecule has 0 bridgehead atoms. The second-order valence-electron chi connectivity index (χ2n) is 7.93. The van der Waals surface area contributed by atoms with Gasteiger partial charge in [0.2, 0.25) is 0 Å². The lowest BCUT2D eigenvalue weighted by Crippen LogP contribution is -2.55. The summed E-state index contributed by atoms with van der Waals surface area (Å²) in [5, 5.41) is 19.0. The molecule has 2 unspecified atom stereocenters. The Morgan fingerprint density at radius 1 is 0.667 bits per heavy atom. The van der Waals surface area contributed by atoms with Gasteiger partial charge in [0.05, 0.1) is 0 Å². The number of hydrogen-bond acceptors (Lipinski definition) is 7. The van der Waals surface area contributed by atoms with Gasteiger partial charge in [-0.15, -0.1) is 0 Å². The first-order valence-electron chi connectivity index (χ1n) is 11.0. The van der Waals surface area contributed by atoms with Gasteiger partial charge in [-0.3, -0.25) is 0 Å². The number of rotatable bonds is 6. The molecule has 1 aliphatic heterocycles. The third kappa shape index (κ3) is 10.2. The highest BCUT2D eigenvalue weighted by Gasteiger charge is 2.26. The molecule has 0 radical (unpaired) electrons. The molecule has 1 heterocycles. The van der Waals surface area contributed by atoms with Crippen molar-refractivity contribution < 1.29 is 0 Å². The first kappa shape index (κ1) is 23.8. The van der Waals surface area contributed by atoms with E-state index in [1.807, 2.05) is 23.5 Å². The van der Waals surface area contributed by atoms with E-state index in [9.17, 15) is 0 Å². The lowest BCUT2D eigenvalue weighted by molar-refractivity contribution is 0.267. The Morgan fingerprint density at radius 3 is 1.59 bits per heavy atom. The van der Waals surface area contributed by atoms with Gasteiger partial charge in [-0.1, -0.05) is 12.8 Å². The molecule has 27 heavy (non-hydrogen) atoms. The quantitative estimate of drug-likeness (QED) is 0.449. The van der Waals surface area contributed by atoms with Crippen molar-refractivity contribution in [3.05, 3.63) is 0 Å². The van der Waals surface area contributed by atoms with Crippen LogP contribution in [0.2, 0.25) is 0 Å². The van der Waals surface area contributed by atoms with Crippen LogP contribution in [0.25, 0.3) is 0 Å². The van der Waals surface area contributed by atoms with Crippen LogP contribution in [0.5, 0.6) is 0 Å². The standard InChI is InChI=1S/C20H43N5S2/c1-26-13-7-17-15-24-19-5-3-4-6-20(19)25-16-18(8-14-27-2)23-12-10-21-9-11-22-17/h17-25H,3-16H2,1-2H3/t17-,18+,19?,20?. The van der Waals surface area contributed by atoms with Crippen molar-refractivity contribution in [2.45, 2.75) is 62.7 Å². The predicted molar refractivity (Wildman–Crippen MR) is 124 cm³/mol. The average molecular weight is 418 g/mol. The van der Waals surface area contributed by atoms with Gasteiger partial charge >= 0.3 is 0 Å². The minimum Gasteiger partial charge on any atom is -0.314 e. The van der Waals surface area contributed by atoms with Gasteiger partial charge in [0.1, 0.15) is 0 Å². The van der Waals surface area contributed by atoms with E-state index >= 15 is 0 Å². The first-order chi connectivity index (χ1) is 13.3. The Labute approximate surface area is 176 Å². The summed E-state index contributed by atoms with van der Waals surface area (Å²) in [4.78, 5) is 0. The highest BCUT2D eigenvalue weighted by molar-refractivity contribution is 7.98. The molecule has 5 N–H and O–H groups in total. The molecule has 2 rings (SSSR count). The smallest absolute Gasteiger partial charge is 0.0221 e. The lowest BCUT2D eigenvalue weighted by Gasteiger charge is -2.35. The third-order valence-electron chi connectivity index (χ3n) is 5.83. The molecular formula is C20H43N5S2. The third-order valence-corrected chi connectivity index (χ3v) is 7.12. The molecule has 0 aromatic rings. The maximum atomic E-state index is 3.93. The Hall–Kier alpha value is 0.500. The van der Waals surface area contributed by atoms with Crippen molar-refractivity contribution in [2.75, 3.05) is 63.3 Å². The molecule has 1 saturated carbocycles. The lowest BCUT2D eigenvalue weighted by atomic mass is 9.89. The summed E-state index contributed by atoms with van der Waals surface area (Å²) in [5.41, 5.74) is 0. The van der Waals surface area contributed by atoms with Gasteiger partial charge in [-0.2, -0.15) is 23.5 Å². The molecule has 4 atom stereocenters. The average Bonchev–Trinajstić information content (AvgIpc) is 2.70. The Bertz CT molecular complexity index is 329. The molecule has 160 valence electrons. The molecule has 7 heteroatoms. The fraction of sp³-hybridized carbons (Fsp3) is 1.00. The largest absolute Gasteiger partial charge is 0.314 e. The van der Waals surface area contributed by atoms with Crippen LogP contribution in [0.3, 0.4) is 0 Å². The van der Waals surface area contributed by atoms with Gasteiger partial charge < -0.3 is 26.6 Å². The highest BCUT2D eigenvalue weighted by atomic mass is 32.2. The summed E-state index contributed by atoms with van der Waals surface area (Å²) in [5.74, 6) is 2.47. The van der Waals surface area contributed by atoms with E-state index in [0.717, 1.165) is 39.3 Å². The van der Waals surface area contributed by atoms with Gasteiger partial charge in [-0.05, 0) is 49.7 Å². The summed E-state index contributed by atoms with van der Waals surface area (Å²) in [7, 11) is 0. The van der Waals surface area contributed by atoms with Crippen molar-refractivity contribution >= 4 is 23.5 Å². The summed E-state index contributed by atoms with van der Waals surface area (Å²) in [6.07, 6.45) is 12.3.